The molecule has 0 bridgehead atoms. The summed E-state index contributed by atoms with van der Waals surface area (Å²) in [5, 5.41) is 9.57. The minimum absolute atomic E-state index is 0.0621. The maximum atomic E-state index is 12.8. The number of rotatable bonds is 4. The van der Waals surface area contributed by atoms with E-state index in [1.54, 1.807) is 18.5 Å². The lowest BCUT2D eigenvalue weighted by Crippen LogP contribution is -2.49. The zero-order valence-electron chi connectivity index (χ0n) is 14.4. The second-order valence-electron chi connectivity index (χ2n) is 6.16. The first-order valence-electron chi connectivity index (χ1n) is 8.65. The van der Waals surface area contributed by atoms with Crippen LogP contribution in [0.1, 0.15) is 34.5 Å². The number of benzene rings is 1. The van der Waals surface area contributed by atoms with Gasteiger partial charge >= 0.3 is 0 Å². The number of piperazine rings is 1. The van der Waals surface area contributed by atoms with E-state index in [-0.39, 0.29) is 11.9 Å². The Hall–Kier alpha value is -2.71. The molecule has 1 saturated heterocycles. The van der Waals surface area contributed by atoms with E-state index in [1.165, 1.54) is 0 Å². The predicted molar refractivity (Wildman–Crippen MR) is 95.9 cm³/mol. The molecule has 1 aliphatic rings. The van der Waals surface area contributed by atoms with Gasteiger partial charge in [-0.05, 0) is 23.6 Å². The molecule has 1 fully saturated rings. The number of carbonyl (C=O) groups is 1. The van der Waals surface area contributed by atoms with Gasteiger partial charge in [0.1, 0.15) is 6.04 Å². The van der Waals surface area contributed by atoms with E-state index in [0.29, 0.717) is 26.2 Å². The molecule has 2 heterocycles. The van der Waals surface area contributed by atoms with Crippen LogP contribution in [-0.4, -0.2) is 46.9 Å². The van der Waals surface area contributed by atoms with E-state index in [4.69, 9.17) is 0 Å². The minimum Gasteiger partial charge on any atom is -0.336 e. The quantitative estimate of drug-likeness (QED) is 0.862. The van der Waals surface area contributed by atoms with Crippen molar-refractivity contribution in [2.75, 3.05) is 26.2 Å². The Morgan fingerprint density at radius 1 is 1.20 bits per heavy atom. The van der Waals surface area contributed by atoms with Crippen LogP contribution in [0.4, 0.5) is 0 Å². The normalized spacial score (nSPS) is 16.2. The largest absolute Gasteiger partial charge is 0.336 e. The van der Waals surface area contributed by atoms with Crippen LogP contribution < -0.4 is 0 Å². The van der Waals surface area contributed by atoms with E-state index in [9.17, 15) is 10.1 Å². The Bertz CT molecular complexity index is 761. The summed E-state index contributed by atoms with van der Waals surface area (Å²) in [7, 11) is 0. The molecule has 2 aromatic rings. The molecule has 1 atom stereocenters. The number of aryl methyl sites for hydroxylation is 1. The Morgan fingerprint density at radius 3 is 2.56 bits per heavy atom. The molecule has 5 nitrogen and oxygen atoms in total. The number of pyridine rings is 1. The molecule has 1 aromatic carbocycles. The predicted octanol–water partition coefficient (Wildman–Crippen LogP) is 2.67. The number of hydrogen-bond acceptors (Lipinski definition) is 4. The molecule has 5 heteroatoms. The van der Waals surface area contributed by atoms with Gasteiger partial charge in [-0.15, -0.1) is 0 Å². The number of amides is 1. The van der Waals surface area contributed by atoms with Crippen molar-refractivity contribution in [3.05, 3.63) is 65.5 Å². The van der Waals surface area contributed by atoms with Crippen LogP contribution in [0.25, 0.3) is 0 Å². The third kappa shape index (κ3) is 3.70. The smallest absolute Gasteiger partial charge is 0.254 e. The Morgan fingerprint density at radius 2 is 1.92 bits per heavy atom. The summed E-state index contributed by atoms with van der Waals surface area (Å²) in [5.74, 6) is 0.0621. The second-order valence-corrected chi connectivity index (χ2v) is 6.16. The van der Waals surface area contributed by atoms with Crippen LogP contribution in [0.3, 0.4) is 0 Å². The lowest BCUT2D eigenvalue weighted by atomic mass is 10.0. The molecule has 128 valence electrons. The highest BCUT2D eigenvalue weighted by molar-refractivity contribution is 5.95. The first kappa shape index (κ1) is 17.1. The van der Waals surface area contributed by atoms with Crippen LogP contribution >= 0.6 is 0 Å². The van der Waals surface area contributed by atoms with Crippen LogP contribution in [-0.2, 0) is 6.42 Å². The number of hydrogen-bond donors (Lipinski definition) is 0. The average Bonchev–Trinajstić information content (AvgIpc) is 2.69. The zero-order valence-corrected chi connectivity index (χ0v) is 14.4. The van der Waals surface area contributed by atoms with E-state index >= 15 is 0 Å². The topological polar surface area (TPSA) is 60.2 Å². The van der Waals surface area contributed by atoms with Gasteiger partial charge in [0.2, 0.25) is 0 Å². The maximum absolute atomic E-state index is 12.8. The Kier molecular flexibility index (Phi) is 5.42. The van der Waals surface area contributed by atoms with E-state index in [1.807, 2.05) is 42.2 Å². The fourth-order valence-electron chi connectivity index (χ4n) is 3.27. The third-order valence-corrected chi connectivity index (χ3v) is 4.72. The standard InChI is InChI=1S/C20H22N4O/c1-2-16-15-22-9-8-18(16)20(25)24-12-10-23(11-13-24)19(14-21)17-6-4-3-5-7-17/h3-9,15,19H,2,10-13H2,1H3. The number of nitrogens with zero attached hydrogens (tertiary/aromatic N) is 4. The molecule has 0 saturated carbocycles. The van der Waals surface area contributed by atoms with Gasteiger partial charge in [-0.1, -0.05) is 37.3 Å². The fourth-order valence-corrected chi connectivity index (χ4v) is 3.27. The Labute approximate surface area is 148 Å². The molecule has 0 N–H and O–H groups in total. The van der Waals surface area contributed by atoms with E-state index in [2.05, 4.69) is 16.0 Å². The van der Waals surface area contributed by atoms with Gasteiger partial charge in [-0.2, -0.15) is 5.26 Å². The van der Waals surface area contributed by atoms with Crippen molar-refractivity contribution >= 4 is 5.91 Å². The molecule has 1 unspecified atom stereocenters. The monoisotopic (exact) mass is 334 g/mol. The summed E-state index contributed by atoms with van der Waals surface area (Å²) in [4.78, 5) is 20.9. The van der Waals surface area contributed by atoms with Crippen LogP contribution in [0.15, 0.2) is 48.8 Å². The van der Waals surface area contributed by atoms with E-state index in [0.717, 1.165) is 23.1 Å². The zero-order chi connectivity index (χ0) is 17.6. The molecular weight excluding hydrogens is 312 g/mol. The summed E-state index contributed by atoms with van der Waals surface area (Å²) < 4.78 is 0. The van der Waals surface area contributed by atoms with Gasteiger partial charge in [0.05, 0.1) is 6.07 Å². The molecule has 25 heavy (non-hydrogen) atoms. The summed E-state index contributed by atoms with van der Waals surface area (Å²) in [6.45, 7) is 4.70. The van der Waals surface area contributed by atoms with Crippen LogP contribution in [0.5, 0.6) is 0 Å². The first-order valence-corrected chi connectivity index (χ1v) is 8.65. The molecule has 1 aliphatic heterocycles. The van der Waals surface area contributed by atoms with Gasteiger partial charge in [0, 0.05) is 44.1 Å². The van der Waals surface area contributed by atoms with Crippen molar-refractivity contribution in [3.63, 3.8) is 0 Å². The maximum Gasteiger partial charge on any atom is 0.254 e. The summed E-state index contributed by atoms with van der Waals surface area (Å²) in [6, 6.07) is 13.8. The summed E-state index contributed by atoms with van der Waals surface area (Å²) >= 11 is 0. The number of nitriles is 1. The third-order valence-electron chi connectivity index (χ3n) is 4.72. The molecule has 1 aromatic heterocycles. The van der Waals surface area contributed by atoms with Crippen LogP contribution in [0.2, 0.25) is 0 Å². The van der Waals surface area contributed by atoms with Gasteiger partial charge < -0.3 is 4.90 Å². The van der Waals surface area contributed by atoms with Crippen molar-refractivity contribution in [3.8, 4) is 6.07 Å². The molecular formula is C20H22N4O. The lowest BCUT2D eigenvalue weighted by molar-refractivity contribution is 0.0605. The summed E-state index contributed by atoms with van der Waals surface area (Å²) in [5.41, 5.74) is 2.73. The Balaban J connectivity index is 1.67. The molecule has 1 amide bonds. The van der Waals surface area contributed by atoms with E-state index < -0.39 is 0 Å². The molecule has 0 spiro atoms. The number of aromatic nitrogens is 1. The highest BCUT2D eigenvalue weighted by Crippen LogP contribution is 2.22. The van der Waals surface area contributed by atoms with Crippen molar-refractivity contribution < 1.29 is 4.79 Å². The van der Waals surface area contributed by atoms with Crippen molar-refractivity contribution in [2.24, 2.45) is 0 Å². The number of carbonyl (C=O) groups excluding carboxylic acids is 1. The molecule has 3 rings (SSSR count). The highest BCUT2D eigenvalue weighted by Gasteiger charge is 2.28. The van der Waals surface area contributed by atoms with Crippen molar-refractivity contribution in [1.82, 2.24) is 14.8 Å². The molecule has 0 aliphatic carbocycles. The van der Waals surface area contributed by atoms with Gasteiger partial charge in [-0.3, -0.25) is 14.7 Å². The van der Waals surface area contributed by atoms with Crippen molar-refractivity contribution in [1.29, 1.82) is 5.26 Å². The second kappa shape index (κ2) is 7.91. The van der Waals surface area contributed by atoms with Crippen LogP contribution in [0, 0.1) is 11.3 Å². The van der Waals surface area contributed by atoms with Gasteiger partial charge in [0.25, 0.3) is 5.91 Å². The van der Waals surface area contributed by atoms with Crippen molar-refractivity contribution in [2.45, 2.75) is 19.4 Å². The lowest BCUT2D eigenvalue weighted by Gasteiger charge is -2.37. The molecule has 0 radical (unpaired) electrons. The average molecular weight is 334 g/mol. The fraction of sp³-hybridized carbons (Fsp3) is 0.350. The minimum atomic E-state index is -0.259. The highest BCUT2D eigenvalue weighted by atomic mass is 16.2. The summed E-state index contributed by atoms with van der Waals surface area (Å²) in [6.07, 6.45) is 4.23. The first-order chi connectivity index (χ1) is 12.2. The van der Waals surface area contributed by atoms with Gasteiger partial charge in [0.15, 0.2) is 0 Å². The van der Waals surface area contributed by atoms with Gasteiger partial charge in [-0.25, -0.2) is 0 Å². The SMILES string of the molecule is CCc1cnccc1C(=O)N1CCN(C(C#N)c2ccccc2)CC1.